The predicted molar refractivity (Wildman–Crippen MR) is 75.5 cm³/mol. The highest BCUT2D eigenvalue weighted by atomic mass is 16.2. The molecule has 1 saturated carbocycles. The highest BCUT2D eigenvalue weighted by Crippen LogP contribution is 2.38. The van der Waals surface area contributed by atoms with Gasteiger partial charge in [0.2, 0.25) is 5.91 Å². The van der Waals surface area contributed by atoms with Crippen LogP contribution >= 0.6 is 0 Å². The molecule has 0 aromatic heterocycles. The van der Waals surface area contributed by atoms with Gasteiger partial charge in [-0.1, -0.05) is 43.7 Å². The van der Waals surface area contributed by atoms with Gasteiger partial charge in [-0.05, 0) is 31.2 Å². The molecule has 3 rings (SSSR count). The summed E-state index contributed by atoms with van der Waals surface area (Å²) >= 11 is 0. The summed E-state index contributed by atoms with van der Waals surface area (Å²) in [5.41, 5.74) is 2.46. The highest BCUT2D eigenvalue weighted by Gasteiger charge is 2.47. The van der Waals surface area contributed by atoms with Crippen LogP contribution in [0.1, 0.15) is 44.0 Å². The molecule has 2 fully saturated rings. The van der Waals surface area contributed by atoms with Crippen LogP contribution in [-0.4, -0.2) is 22.9 Å². The largest absolute Gasteiger partial charge is 0.319 e. The number of rotatable bonds is 3. The van der Waals surface area contributed by atoms with Crippen LogP contribution in [0.3, 0.4) is 0 Å². The molecule has 1 aromatic carbocycles. The minimum atomic E-state index is -0.0353. The lowest BCUT2D eigenvalue weighted by molar-refractivity contribution is -0.131. The van der Waals surface area contributed by atoms with Gasteiger partial charge in [-0.2, -0.15) is 0 Å². The molecule has 1 aliphatic heterocycles. The fourth-order valence-corrected chi connectivity index (χ4v) is 2.84. The molecule has 19 heavy (non-hydrogen) atoms. The quantitative estimate of drug-likeness (QED) is 0.904. The number of carbonyl (C=O) groups excluding carboxylic acids is 1. The van der Waals surface area contributed by atoms with Crippen molar-refractivity contribution in [2.75, 3.05) is 0 Å². The first-order chi connectivity index (χ1) is 9.08. The topological polar surface area (TPSA) is 32.3 Å². The van der Waals surface area contributed by atoms with Crippen LogP contribution in [0.5, 0.6) is 0 Å². The Hall–Kier alpha value is -1.35. The number of aryl methyl sites for hydroxylation is 1. The van der Waals surface area contributed by atoms with Crippen LogP contribution in [0.4, 0.5) is 0 Å². The Kier molecular flexibility index (Phi) is 3.09. The number of nitrogens with one attached hydrogen (secondary N) is 1. The summed E-state index contributed by atoms with van der Waals surface area (Å²) in [5, 5.41) is 3.52. The molecule has 1 amide bonds. The normalized spacial score (nSPS) is 27.4. The molecular formula is C16H22N2O. The first kappa shape index (κ1) is 12.7. The number of hydrogen-bond donors (Lipinski definition) is 1. The lowest BCUT2D eigenvalue weighted by Crippen LogP contribution is -2.35. The van der Waals surface area contributed by atoms with Crippen LogP contribution in [0.2, 0.25) is 0 Å². The molecule has 1 aromatic rings. The monoisotopic (exact) mass is 258 g/mol. The molecule has 1 heterocycles. The van der Waals surface area contributed by atoms with E-state index in [2.05, 4.69) is 55.3 Å². The van der Waals surface area contributed by atoms with E-state index in [1.165, 1.54) is 11.1 Å². The Morgan fingerprint density at radius 1 is 1.21 bits per heavy atom. The van der Waals surface area contributed by atoms with Crippen LogP contribution in [0.25, 0.3) is 0 Å². The molecule has 1 N–H and O–H groups in total. The van der Waals surface area contributed by atoms with Gasteiger partial charge in [0, 0.05) is 6.04 Å². The lowest BCUT2D eigenvalue weighted by atomic mass is 10.0. The van der Waals surface area contributed by atoms with Crippen molar-refractivity contribution < 1.29 is 4.79 Å². The molecular weight excluding hydrogens is 236 g/mol. The zero-order valence-electron chi connectivity index (χ0n) is 11.9. The van der Waals surface area contributed by atoms with Crippen molar-refractivity contribution in [3.63, 3.8) is 0 Å². The Morgan fingerprint density at radius 3 is 2.37 bits per heavy atom. The Labute approximate surface area is 115 Å². The molecule has 3 heteroatoms. The third-order valence-corrected chi connectivity index (χ3v) is 4.14. The maximum absolute atomic E-state index is 12.5. The molecule has 2 aliphatic rings. The number of carbonyl (C=O) groups is 1. The van der Waals surface area contributed by atoms with Gasteiger partial charge in [0.1, 0.15) is 6.17 Å². The van der Waals surface area contributed by atoms with Crippen molar-refractivity contribution in [2.45, 2.75) is 51.9 Å². The minimum absolute atomic E-state index is 0.0353. The van der Waals surface area contributed by atoms with E-state index in [0.29, 0.717) is 12.0 Å². The molecule has 1 aliphatic carbocycles. The number of benzene rings is 1. The van der Waals surface area contributed by atoms with Crippen molar-refractivity contribution in [3.8, 4) is 0 Å². The summed E-state index contributed by atoms with van der Waals surface area (Å²) in [4.78, 5) is 14.6. The van der Waals surface area contributed by atoms with Crippen LogP contribution in [0.15, 0.2) is 24.3 Å². The van der Waals surface area contributed by atoms with Gasteiger partial charge in [0.25, 0.3) is 0 Å². The smallest absolute Gasteiger partial charge is 0.241 e. The molecule has 0 bridgehead atoms. The minimum Gasteiger partial charge on any atom is -0.319 e. The summed E-state index contributed by atoms with van der Waals surface area (Å²) in [6.45, 7) is 6.31. The summed E-state index contributed by atoms with van der Waals surface area (Å²) in [7, 11) is 0. The van der Waals surface area contributed by atoms with E-state index in [0.717, 1.165) is 12.8 Å². The van der Waals surface area contributed by atoms with Gasteiger partial charge in [-0.15, -0.1) is 0 Å². The standard InChI is InChI=1S/C16H22N2O/c1-10(2)14-16(19)18(13-8-9-13)15(17-14)12-6-4-11(3)5-7-12/h4-7,10,13-15,17H,8-9H2,1-3H3. The van der Waals surface area contributed by atoms with E-state index in [1.807, 2.05) is 0 Å². The maximum atomic E-state index is 12.5. The van der Waals surface area contributed by atoms with E-state index in [9.17, 15) is 4.79 Å². The van der Waals surface area contributed by atoms with Gasteiger partial charge in [0.05, 0.1) is 6.04 Å². The van der Waals surface area contributed by atoms with Crippen molar-refractivity contribution in [2.24, 2.45) is 5.92 Å². The molecule has 0 radical (unpaired) electrons. The molecule has 102 valence electrons. The summed E-state index contributed by atoms with van der Waals surface area (Å²) in [6, 6.07) is 8.93. The molecule has 2 atom stereocenters. The van der Waals surface area contributed by atoms with Gasteiger partial charge in [-0.3, -0.25) is 10.1 Å². The second-order valence-electron chi connectivity index (χ2n) is 6.18. The zero-order valence-corrected chi connectivity index (χ0v) is 11.9. The van der Waals surface area contributed by atoms with Crippen molar-refractivity contribution in [1.82, 2.24) is 10.2 Å². The SMILES string of the molecule is Cc1ccc(C2NC(C(C)C)C(=O)N2C2CC2)cc1. The van der Waals surface area contributed by atoms with E-state index in [-0.39, 0.29) is 18.1 Å². The molecule has 2 unspecified atom stereocenters. The van der Waals surface area contributed by atoms with E-state index < -0.39 is 0 Å². The average molecular weight is 258 g/mol. The zero-order chi connectivity index (χ0) is 13.6. The van der Waals surface area contributed by atoms with E-state index in [1.54, 1.807) is 0 Å². The van der Waals surface area contributed by atoms with Crippen molar-refractivity contribution >= 4 is 5.91 Å². The number of nitrogens with zero attached hydrogens (tertiary/aromatic N) is 1. The van der Waals surface area contributed by atoms with Crippen molar-refractivity contribution in [1.29, 1.82) is 0 Å². The predicted octanol–water partition coefficient (Wildman–Crippen LogP) is 2.61. The Morgan fingerprint density at radius 2 is 1.84 bits per heavy atom. The van der Waals surface area contributed by atoms with Crippen molar-refractivity contribution in [3.05, 3.63) is 35.4 Å². The summed E-state index contributed by atoms with van der Waals surface area (Å²) in [5.74, 6) is 0.618. The maximum Gasteiger partial charge on any atom is 0.241 e. The number of hydrogen-bond acceptors (Lipinski definition) is 2. The Balaban J connectivity index is 1.90. The van der Waals surface area contributed by atoms with Gasteiger partial charge >= 0.3 is 0 Å². The lowest BCUT2D eigenvalue weighted by Gasteiger charge is -2.24. The van der Waals surface area contributed by atoms with E-state index in [4.69, 9.17) is 0 Å². The highest BCUT2D eigenvalue weighted by molar-refractivity contribution is 5.85. The van der Waals surface area contributed by atoms with Gasteiger partial charge < -0.3 is 4.90 Å². The van der Waals surface area contributed by atoms with Gasteiger partial charge in [-0.25, -0.2) is 0 Å². The van der Waals surface area contributed by atoms with Crippen LogP contribution in [-0.2, 0) is 4.79 Å². The van der Waals surface area contributed by atoms with Gasteiger partial charge in [0.15, 0.2) is 0 Å². The van der Waals surface area contributed by atoms with E-state index >= 15 is 0 Å². The second kappa shape index (κ2) is 4.64. The fourth-order valence-electron chi connectivity index (χ4n) is 2.84. The molecule has 1 saturated heterocycles. The second-order valence-corrected chi connectivity index (χ2v) is 6.18. The first-order valence-electron chi connectivity index (χ1n) is 7.22. The van der Waals surface area contributed by atoms with Crippen LogP contribution in [0, 0.1) is 12.8 Å². The average Bonchev–Trinajstić information content (AvgIpc) is 3.14. The third kappa shape index (κ3) is 2.27. The third-order valence-electron chi connectivity index (χ3n) is 4.14. The number of amides is 1. The fraction of sp³-hybridized carbons (Fsp3) is 0.562. The van der Waals surface area contributed by atoms with Crippen LogP contribution < -0.4 is 5.32 Å². The Bertz CT molecular complexity index is 476. The first-order valence-corrected chi connectivity index (χ1v) is 7.22. The molecule has 3 nitrogen and oxygen atoms in total. The summed E-state index contributed by atoms with van der Waals surface area (Å²) < 4.78 is 0. The summed E-state index contributed by atoms with van der Waals surface area (Å²) in [6.07, 6.45) is 2.37. The molecule has 0 spiro atoms.